The summed E-state index contributed by atoms with van der Waals surface area (Å²) in [5, 5.41) is 10.2. The SMILES string of the molecule is CCC1=NC(Nc2ccc(Nc3ccccc3)c(C)n2)N=C(N2CCN(C)CC2)N1. The Morgan fingerprint density at radius 1 is 1.03 bits per heavy atom. The molecule has 8 nitrogen and oxygen atoms in total. The molecule has 158 valence electrons. The van der Waals surface area contributed by atoms with E-state index in [-0.39, 0.29) is 6.29 Å². The van der Waals surface area contributed by atoms with Crippen molar-refractivity contribution in [3.8, 4) is 0 Å². The number of hydrogen-bond donors (Lipinski definition) is 3. The molecule has 1 fully saturated rings. The number of para-hydroxylation sites is 1. The first-order valence-corrected chi connectivity index (χ1v) is 10.5. The van der Waals surface area contributed by atoms with Crippen LogP contribution in [0.25, 0.3) is 0 Å². The van der Waals surface area contributed by atoms with E-state index in [1.807, 2.05) is 49.4 Å². The Hall–Kier alpha value is -3.13. The van der Waals surface area contributed by atoms with Crippen LogP contribution in [0.5, 0.6) is 0 Å². The van der Waals surface area contributed by atoms with Gasteiger partial charge in [-0.25, -0.2) is 15.0 Å². The van der Waals surface area contributed by atoms with E-state index in [2.05, 4.69) is 44.7 Å². The first-order valence-electron chi connectivity index (χ1n) is 10.5. The zero-order chi connectivity index (χ0) is 20.9. The van der Waals surface area contributed by atoms with Crippen LogP contribution in [0.3, 0.4) is 0 Å². The highest BCUT2D eigenvalue weighted by Crippen LogP contribution is 2.21. The normalized spacial score (nSPS) is 19.6. The van der Waals surface area contributed by atoms with Crippen molar-refractivity contribution >= 4 is 29.0 Å². The zero-order valence-electron chi connectivity index (χ0n) is 17.9. The summed E-state index contributed by atoms with van der Waals surface area (Å²) >= 11 is 0. The van der Waals surface area contributed by atoms with Crippen LogP contribution in [0.15, 0.2) is 52.4 Å². The molecular formula is C22H30N8. The van der Waals surface area contributed by atoms with Crippen molar-refractivity contribution < 1.29 is 0 Å². The van der Waals surface area contributed by atoms with Crippen LogP contribution in [0.4, 0.5) is 17.2 Å². The zero-order valence-corrected chi connectivity index (χ0v) is 17.9. The molecule has 30 heavy (non-hydrogen) atoms. The van der Waals surface area contributed by atoms with E-state index in [4.69, 9.17) is 9.98 Å². The third-order valence-electron chi connectivity index (χ3n) is 5.33. The molecule has 0 saturated carbocycles. The van der Waals surface area contributed by atoms with Crippen molar-refractivity contribution in [2.45, 2.75) is 26.6 Å². The van der Waals surface area contributed by atoms with Crippen LogP contribution in [0.2, 0.25) is 0 Å². The summed E-state index contributed by atoms with van der Waals surface area (Å²) in [5.41, 5.74) is 2.94. The number of anilines is 3. The molecule has 1 atom stereocenters. The van der Waals surface area contributed by atoms with Gasteiger partial charge >= 0.3 is 0 Å². The number of aliphatic imine (C=N–C) groups is 2. The molecule has 0 amide bonds. The smallest absolute Gasteiger partial charge is 0.220 e. The van der Waals surface area contributed by atoms with Gasteiger partial charge < -0.3 is 25.8 Å². The van der Waals surface area contributed by atoms with Gasteiger partial charge in [-0.2, -0.15) is 0 Å². The second kappa shape index (κ2) is 9.13. The Bertz CT molecular complexity index is 916. The Morgan fingerprint density at radius 3 is 2.50 bits per heavy atom. The highest BCUT2D eigenvalue weighted by atomic mass is 15.4. The molecule has 2 aliphatic heterocycles. The third kappa shape index (κ3) is 4.88. The van der Waals surface area contributed by atoms with Gasteiger partial charge in [0.05, 0.1) is 11.4 Å². The van der Waals surface area contributed by atoms with E-state index >= 15 is 0 Å². The second-order valence-electron chi connectivity index (χ2n) is 7.64. The van der Waals surface area contributed by atoms with Gasteiger partial charge in [0.2, 0.25) is 12.2 Å². The van der Waals surface area contributed by atoms with Crippen molar-refractivity contribution in [2.24, 2.45) is 9.98 Å². The van der Waals surface area contributed by atoms with Crippen LogP contribution in [-0.2, 0) is 0 Å². The molecule has 8 heteroatoms. The van der Waals surface area contributed by atoms with E-state index in [1.165, 1.54) is 0 Å². The molecule has 0 radical (unpaired) electrons. The van der Waals surface area contributed by atoms with Crippen LogP contribution in [0, 0.1) is 6.92 Å². The summed E-state index contributed by atoms with van der Waals surface area (Å²) in [5.74, 6) is 2.60. The summed E-state index contributed by atoms with van der Waals surface area (Å²) in [4.78, 5) is 18.8. The van der Waals surface area contributed by atoms with E-state index in [9.17, 15) is 0 Å². The van der Waals surface area contributed by atoms with Gasteiger partial charge in [-0.05, 0) is 38.2 Å². The minimum Gasteiger partial charge on any atom is -0.354 e. The molecule has 1 aromatic heterocycles. The van der Waals surface area contributed by atoms with Crippen molar-refractivity contribution in [3.63, 3.8) is 0 Å². The van der Waals surface area contributed by atoms with E-state index in [0.29, 0.717) is 0 Å². The summed E-state index contributed by atoms with van der Waals surface area (Å²) in [7, 11) is 2.15. The number of nitrogens with one attached hydrogen (secondary N) is 3. The van der Waals surface area contributed by atoms with Crippen molar-refractivity contribution in [1.29, 1.82) is 0 Å². The molecule has 4 rings (SSSR count). The van der Waals surface area contributed by atoms with Gasteiger partial charge in [0, 0.05) is 38.3 Å². The number of likely N-dealkylation sites (N-methyl/N-ethyl adjacent to an activating group) is 1. The molecule has 3 N–H and O–H groups in total. The number of nitrogens with zero attached hydrogens (tertiary/aromatic N) is 5. The number of guanidine groups is 1. The van der Waals surface area contributed by atoms with Gasteiger partial charge in [-0.15, -0.1) is 0 Å². The number of aromatic nitrogens is 1. The maximum Gasteiger partial charge on any atom is 0.220 e. The molecule has 1 unspecified atom stereocenters. The number of piperazine rings is 1. The average molecular weight is 407 g/mol. The number of hydrogen-bond acceptors (Lipinski definition) is 8. The highest BCUT2D eigenvalue weighted by molar-refractivity contribution is 6.01. The van der Waals surface area contributed by atoms with Crippen LogP contribution in [-0.4, -0.2) is 66.1 Å². The largest absolute Gasteiger partial charge is 0.354 e. The summed E-state index contributed by atoms with van der Waals surface area (Å²) in [6.07, 6.45) is 0.452. The van der Waals surface area contributed by atoms with E-state index < -0.39 is 0 Å². The Kier molecular flexibility index (Phi) is 6.13. The second-order valence-corrected chi connectivity index (χ2v) is 7.64. The fourth-order valence-corrected chi connectivity index (χ4v) is 3.49. The van der Waals surface area contributed by atoms with Crippen molar-refractivity contribution in [2.75, 3.05) is 43.9 Å². The maximum atomic E-state index is 4.80. The van der Waals surface area contributed by atoms with Crippen molar-refractivity contribution in [1.82, 2.24) is 20.1 Å². The monoisotopic (exact) mass is 406 g/mol. The van der Waals surface area contributed by atoms with E-state index in [1.54, 1.807) is 0 Å². The van der Waals surface area contributed by atoms with Gasteiger partial charge in [-0.3, -0.25) is 0 Å². The topological polar surface area (TPSA) is 80.2 Å². The van der Waals surface area contributed by atoms with Gasteiger partial charge in [-0.1, -0.05) is 25.1 Å². The lowest BCUT2D eigenvalue weighted by Crippen LogP contribution is -2.54. The first kappa shape index (κ1) is 20.2. The quantitative estimate of drug-likeness (QED) is 0.709. The minimum absolute atomic E-state index is 0.379. The number of rotatable bonds is 5. The van der Waals surface area contributed by atoms with Crippen LogP contribution in [0.1, 0.15) is 19.0 Å². The van der Waals surface area contributed by atoms with Crippen LogP contribution < -0.4 is 16.0 Å². The standard InChI is InChI=1S/C22H30N8/c1-4-19-25-21(28-22(27-19)30-14-12-29(3)13-15-30)26-20-11-10-18(16(2)23-20)24-17-8-6-5-7-9-17/h5-11,21,24H,4,12-15H2,1-3H3,(H,23,26)(H,25,27,28). The number of pyridine rings is 1. The summed E-state index contributed by atoms with van der Waals surface area (Å²) < 4.78 is 0. The number of aryl methyl sites for hydroxylation is 1. The van der Waals surface area contributed by atoms with Gasteiger partial charge in [0.25, 0.3) is 0 Å². The molecular weight excluding hydrogens is 376 g/mol. The first-order chi connectivity index (χ1) is 14.6. The molecule has 0 aliphatic carbocycles. The molecule has 3 heterocycles. The highest BCUT2D eigenvalue weighted by Gasteiger charge is 2.23. The fourth-order valence-electron chi connectivity index (χ4n) is 3.49. The number of amidine groups is 1. The average Bonchev–Trinajstić information content (AvgIpc) is 2.76. The lowest BCUT2D eigenvalue weighted by molar-refractivity contribution is 0.212. The lowest BCUT2D eigenvalue weighted by Gasteiger charge is -2.36. The van der Waals surface area contributed by atoms with Crippen LogP contribution >= 0.6 is 0 Å². The van der Waals surface area contributed by atoms with Gasteiger partial charge in [0.1, 0.15) is 11.7 Å². The minimum atomic E-state index is -0.379. The summed E-state index contributed by atoms with van der Waals surface area (Å²) in [6.45, 7) is 8.09. The Morgan fingerprint density at radius 2 is 1.80 bits per heavy atom. The summed E-state index contributed by atoms with van der Waals surface area (Å²) in [6, 6.07) is 14.1. The Labute approximate surface area is 178 Å². The molecule has 1 aromatic carbocycles. The lowest BCUT2D eigenvalue weighted by atomic mass is 10.2. The molecule has 2 aromatic rings. The third-order valence-corrected chi connectivity index (χ3v) is 5.33. The molecule has 0 spiro atoms. The van der Waals surface area contributed by atoms with Crippen molar-refractivity contribution in [3.05, 3.63) is 48.2 Å². The maximum absolute atomic E-state index is 4.80. The predicted octanol–water partition coefficient (Wildman–Crippen LogP) is 2.84. The fraction of sp³-hybridized carbons (Fsp3) is 0.409. The predicted molar refractivity (Wildman–Crippen MR) is 123 cm³/mol. The molecule has 1 saturated heterocycles. The Balaban J connectivity index is 1.47. The van der Waals surface area contributed by atoms with Gasteiger partial charge in [0.15, 0.2) is 0 Å². The van der Waals surface area contributed by atoms with E-state index in [0.717, 1.165) is 67.3 Å². The number of benzene rings is 1. The molecule has 0 bridgehead atoms. The molecule has 2 aliphatic rings.